The molecule has 0 bridgehead atoms. The lowest BCUT2D eigenvalue weighted by Crippen LogP contribution is -2.30. The van der Waals surface area contributed by atoms with E-state index in [1.54, 1.807) is 6.92 Å². The van der Waals surface area contributed by atoms with E-state index >= 15 is 0 Å². The highest BCUT2D eigenvalue weighted by Gasteiger charge is 2.17. The minimum Gasteiger partial charge on any atom is -0.481 e. The Kier molecular flexibility index (Phi) is 5.57. The standard InChI is InChI=1S/C16H14Cl3NO2/c1-9-3-5-11(6-4-9)22-10(2)16(21)20-15-8-13(18)12(17)7-14(15)19/h3-8,10H,1-2H3,(H,20,21)/t10-/m0/s1. The highest BCUT2D eigenvalue weighted by Crippen LogP contribution is 2.32. The minimum atomic E-state index is -0.687. The molecule has 1 atom stereocenters. The van der Waals surface area contributed by atoms with Crippen molar-refractivity contribution in [3.63, 3.8) is 0 Å². The molecule has 0 aliphatic carbocycles. The normalized spacial score (nSPS) is 11.9. The first-order valence-corrected chi connectivity index (χ1v) is 7.69. The third-order valence-electron chi connectivity index (χ3n) is 2.97. The number of hydrogen-bond donors (Lipinski definition) is 1. The predicted octanol–water partition coefficient (Wildman–Crippen LogP) is 5.36. The Morgan fingerprint density at radius 3 is 2.27 bits per heavy atom. The monoisotopic (exact) mass is 357 g/mol. The molecule has 22 heavy (non-hydrogen) atoms. The van der Waals surface area contributed by atoms with E-state index in [2.05, 4.69) is 5.32 Å². The quantitative estimate of drug-likeness (QED) is 0.747. The minimum absolute atomic E-state index is 0.310. The molecule has 0 saturated heterocycles. The maximum absolute atomic E-state index is 12.2. The van der Waals surface area contributed by atoms with E-state index in [1.165, 1.54) is 12.1 Å². The summed E-state index contributed by atoms with van der Waals surface area (Å²) in [6, 6.07) is 10.4. The van der Waals surface area contributed by atoms with Gasteiger partial charge in [-0.05, 0) is 38.1 Å². The van der Waals surface area contributed by atoms with E-state index in [0.29, 0.717) is 26.5 Å². The van der Waals surface area contributed by atoms with Gasteiger partial charge in [0.05, 0.1) is 20.8 Å². The molecule has 0 saturated carbocycles. The van der Waals surface area contributed by atoms with E-state index < -0.39 is 6.10 Å². The second-order valence-corrected chi connectivity index (χ2v) is 6.03. The summed E-state index contributed by atoms with van der Waals surface area (Å²) < 4.78 is 5.58. The molecule has 1 amide bonds. The van der Waals surface area contributed by atoms with Crippen molar-refractivity contribution in [1.29, 1.82) is 0 Å². The topological polar surface area (TPSA) is 38.3 Å². The molecule has 0 heterocycles. The number of halogens is 3. The van der Waals surface area contributed by atoms with Crippen LogP contribution in [0.15, 0.2) is 36.4 Å². The van der Waals surface area contributed by atoms with E-state index in [-0.39, 0.29) is 5.91 Å². The highest BCUT2D eigenvalue weighted by molar-refractivity contribution is 6.44. The SMILES string of the molecule is Cc1ccc(O[C@@H](C)C(=O)Nc2cc(Cl)c(Cl)cc2Cl)cc1. The smallest absolute Gasteiger partial charge is 0.265 e. The van der Waals surface area contributed by atoms with E-state index in [4.69, 9.17) is 39.5 Å². The first-order chi connectivity index (χ1) is 10.4. The van der Waals surface area contributed by atoms with Gasteiger partial charge in [-0.25, -0.2) is 0 Å². The van der Waals surface area contributed by atoms with E-state index in [0.717, 1.165) is 5.56 Å². The fraction of sp³-hybridized carbons (Fsp3) is 0.188. The molecule has 0 aliphatic heterocycles. The Bertz CT molecular complexity index is 687. The van der Waals surface area contributed by atoms with Crippen LogP contribution in [-0.4, -0.2) is 12.0 Å². The van der Waals surface area contributed by atoms with Crippen molar-refractivity contribution in [2.75, 3.05) is 5.32 Å². The Morgan fingerprint density at radius 1 is 1.05 bits per heavy atom. The van der Waals surface area contributed by atoms with Crippen LogP contribution in [0.5, 0.6) is 5.75 Å². The molecule has 0 fully saturated rings. The predicted molar refractivity (Wildman–Crippen MR) is 91.4 cm³/mol. The van der Waals surface area contributed by atoms with Crippen molar-refractivity contribution in [1.82, 2.24) is 0 Å². The third-order valence-corrected chi connectivity index (χ3v) is 4.01. The van der Waals surface area contributed by atoms with Crippen LogP contribution in [0.25, 0.3) is 0 Å². The lowest BCUT2D eigenvalue weighted by atomic mass is 10.2. The van der Waals surface area contributed by atoms with Crippen molar-refractivity contribution in [2.24, 2.45) is 0 Å². The van der Waals surface area contributed by atoms with Gasteiger partial charge in [0.2, 0.25) is 0 Å². The number of anilines is 1. The Labute approximate surface area is 144 Å². The largest absolute Gasteiger partial charge is 0.481 e. The van der Waals surface area contributed by atoms with E-state index in [1.807, 2.05) is 31.2 Å². The molecule has 0 aromatic heterocycles. The van der Waals surface area contributed by atoms with Crippen molar-refractivity contribution in [3.05, 3.63) is 57.0 Å². The van der Waals surface area contributed by atoms with Crippen LogP contribution in [0.4, 0.5) is 5.69 Å². The van der Waals surface area contributed by atoms with Crippen LogP contribution in [0, 0.1) is 6.92 Å². The fourth-order valence-electron chi connectivity index (χ4n) is 1.73. The first kappa shape index (κ1) is 16.9. The Balaban J connectivity index is 2.05. The summed E-state index contributed by atoms with van der Waals surface area (Å²) in [6.45, 7) is 3.63. The second-order valence-electron chi connectivity index (χ2n) is 4.81. The molecular formula is C16H14Cl3NO2. The maximum atomic E-state index is 12.2. The summed E-state index contributed by atoms with van der Waals surface area (Å²) >= 11 is 17.8. The number of hydrogen-bond acceptors (Lipinski definition) is 2. The van der Waals surface area contributed by atoms with Crippen LogP contribution in [0.3, 0.4) is 0 Å². The Morgan fingerprint density at radius 2 is 1.64 bits per heavy atom. The molecule has 0 radical (unpaired) electrons. The van der Waals surface area contributed by atoms with Crippen molar-refractivity contribution in [3.8, 4) is 5.75 Å². The highest BCUT2D eigenvalue weighted by atomic mass is 35.5. The lowest BCUT2D eigenvalue weighted by Gasteiger charge is -2.16. The number of aryl methyl sites for hydroxylation is 1. The molecule has 2 aromatic rings. The van der Waals surface area contributed by atoms with Crippen LogP contribution in [0.1, 0.15) is 12.5 Å². The molecular weight excluding hydrogens is 345 g/mol. The van der Waals surface area contributed by atoms with Gasteiger partial charge in [0.15, 0.2) is 6.10 Å². The third kappa shape index (κ3) is 4.29. The number of ether oxygens (including phenoxy) is 1. The molecule has 0 spiro atoms. The van der Waals surface area contributed by atoms with Crippen LogP contribution in [-0.2, 0) is 4.79 Å². The fourth-order valence-corrected chi connectivity index (χ4v) is 2.32. The number of rotatable bonds is 4. The van der Waals surface area contributed by atoms with Gasteiger partial charge >= 0.3 is 0 Å². The van der Waals surface area contributed by atoms with Gasteiger partial charge in [-0.1, -0.05) is 52.5 Å². The molecule has 2 aromatic carbocycles. The molecule has 6 heteroatoms. The van der Waals surface area contributed by atoms with Crippen LogP contribution >= 0.6 is 34.8 Å². The number of nitrogens with one attached hydrogen (secondary N) is 1. The summed E-state index contributed by atoms with van der Waals surface area (Å²) in [5.74, 6) is 0.286. The average molecular weight is 359 g/mol. The number of carbonyl (C=O) groups is 1. The summed E-state index contributed by atoms with van der Waals surface area (Å²) in [4.78, 5) is 12.2. The zero-order valence-corrected chi connectivity index (χ0v) is 14.3. The summed E-state index contributed by atoms with van der Waals surface area (Å²) in [5.41, 5.74) is 1.51. The first-order valence-electron chi connectivity index (χ1n) is 6.55. The van der Waals surface area contributed by atoms with Gasteiger partial charge < -0.3 is 10.1 Å². The van der Waals surface area contributed by atoms with Gasteiger partial charge in [-0.2, -0.15) is 0 Å². The Hall–Kier alpha value is -1.42. The van der Waals surface area contributed by atoms with Gasteiger partial charge in [0.25, 0.3) is 5.91 Å². The summed E-state index contributed by atoms with van der Waals surface area (Å²) in [5, 5.41) is 3.62. The van der Waals surface area contributed by atoms with Crippen molar-refractivity contribution >= 4 is 46.4 Å². The molecule has 3 nitrogen and oxygen atoms in total. The van der Waals surface area contributed by atoms with Crippen LogP contribution < -0.4 is 10.1 Å². The average Bonchev–Trinajstić information content (AvgIpc) is 2.47. The maximum Gasteiger partial charge on any atom is 0.265 e. The molecule has 1 N–H and O–H groups in total. The second kappa shape index (κ2) is 7.23. The molecule has 116 valence electrons. The number of benzene rings is 2. The lowest BCUT2D eigenvalue weighted by molar-refractivity contribution is -0.122. The zero-order chi connectivity index (χ0) is 16.3. The van der Waals surface area contributed by atoms with Gasteiger partial charge in [0.1, 0.15) is 5.75 Å². The number of amides is 1. The van der Waals surface area contributed by atoms with Crippen molar-refractivity contribution in [2.45, 2.75) is 20.0 Å². The summed E-state index contributed by atoms with van der Waals surface area (Å²) in [7, 11) is 0. The van der Waals surface area contributed by atoms with Crippen molar-refractivity contribution < 1.29 is 9.53 Å². The number of carbonyl (C=O) groups excluding carboxylic acids is 1. The molecule has 0 unspecified atom stereocenters. The summed E-state index contributed by atoms with van der Waals surface area (Å²) in [6.07, 6.45) is -0.687. The van der Waals surface area contributed by atoms with Crippen LogP contribution in [0.2, 0.25) is 15.1 Å². The molecule has 0 aliphatic rings. The van der Waals surface area contributed by atoms with Gasteiger partial charge in [-0.3, -0.25) is 4.79 Å². The van der Waals surface area contributed by atoms with Gasteiger partial charge in [0, 0.05) is 0 Å². The van der Waals surface area contributed by atoms with E-state index in [9.17, 15) is 4.79 Å². The zero-order valence-electron chi connectivity index (χ0n) is 12.0. The van der Waals surface area contributed by atoms with Gasteiger partial charge in [-0.15, -0.1) is 0 Å². The molecule has 2 rings (SSSR count).